The average molecular weight is 382 g/mol. The maximum atomic E-state index is 13.2. The third kappa shape index (κ3) is 2.62. The van der Waals surface area contributed by atoms with Gasteiger partial charge in [0.1, 0.15) is 0 Å². The summed E-state index contributed by atoms with van der Waals surface area (Å²) in [5, 5.41) is 4.18. The zero-order valence-electron chi connectivity index (χ0n) is 15.3. The van der Waals surface area contributed by atoms with Crippen molar-refractivity contribution in [1.29, 1.82) is 0 Å². The topological polar surface area (TPSA) is 47.6 Å². The fourth-order valence-electron chi connectivity index (χ4n) is 4.44. The largest absolute Gasteiger partial charge is 0.454 e. The molecule has 0 spiro atoms. The molecule has 0 saturated heterocycles. The van der Waals surface area contributed by atoms with Gasteiger partial charge in [-0.25, -0.2) is 0 Å². The van der Waals surface area contributed by atoms with E-state index in [1.165, 1.54) is 0 Å². The highest BCUT2D eigenvalue weighted by Gasteiger charge is 2.41. The average Bonchev–Trinajstić information content (AvgIpc) is 3.05. The number of ether oxygens (including phenoxy) is 2. The first-order valence-corrected chi connectivity index (χ1v) is 9.52. The number of carbonyl (C=O) groups is 1. The monoisotopic (exact) mass is 381 g/mol. The van der Waals surface area contributed by atoms with Crippen LogP contribution in [0, 0.1) is 5.41 Å². The fraction of sp³-hybridized carbons (Fsp3) is 0.318. The molecular weight excluding hydrogens is 362 g/mol. The molecule has 1 N–H and O–H groups in total. The predicted octanol–water partition coefficient (Wildman–Crippen LogP) is 5.27. The molecule has 2 aromatic carbocycles. The van der Waals surface area contributed by atoms with Gasteiger partial charge in [-0.05, 0) is 35.1 Å². The summed E-state index contributed by atoms with van der Waals surface area (Å²) in [6.07, 6.45) is 1.36. The second-order valence-corrected chi connectivity index (χ2v) is 8.61. The lowest BCUT2D eigenvalue weighted by Crippen LogP contribution is -2.33. The minimum atomic E-state index is -0.206. The highest BCUT2D eigenvalue weighted by molar-refractivity contribution is 6.31. The van der Waals surface area contributed by atoms with E-state index in [9.17, 15) is 4.79 Å². The molecule has 0 aromatic heterocycles. The fourth-order valence-corrected chi connectivity index (χ4v) is 4.68. The van der Waals surface area contributed by atoms with Crippen molar-refractivity contribution in [2.75, 3.05) is 12.1 Å². The number of nitrogens with one attached hydrogen (secondary N) is 1. The molecule has 0 saturated carbocycles. The quantitative estimate of drug-likeness (QED) is 0.731. The maximum Gasteiger partial charge on any atom is 0.231 e. The molecule has 0 radical (unpaired) electrons. The van der Waals surface area contributed by atoms with Crippen molar-refractivity contribution in [2.24, 2.45) is 5.41 Å². The standard InChI is InChI=1S/C22H20ClNO3/c1-22(2)9-16-21(17(25)10-22)20(12-5-3-4-6-14(12)23)13-7-18-19(27-11-26-18)8-15(13)24-16/h3-8,20,24H,9-11H2,1-2H3. The SMILES string of the molecule is CC1(C)CC(=O)C2=C(C1)Nc1cc3c(cc1C2c1ccccc1Cl)OCO3. The van der Waals surface area contributed by atoms with Gasteiger partial charge in [0.25, 0.3) is 0 Å². The van der Waals surface area contributed by atoms with Crippen molar-refractivity contribution in [2.45, 2.75) is 32.6 Å². The minimum Gasteiger partial charge on any atom is -0.454 e. The third-order valence-electron chi connectivity index (χ3n) is 5.57. The van der Waals surface area contributed by atoms with E-state index in [1.807, 2.05) is 36.4 Å². The van der Waals surface area contributed by atoms with Crippen molar-refractivity contribution in [1.82, 2.24) is 0 Å². The molecule has 0 amide bonds. The smallest absolute Gasteiger partial charge is 0.231 e. The second-order valence-electron chi connectivity index (χ2n) is 8.21. The molecule has 2 aromatic rings. The summed E-state index contributed by atoms with van der Waals surface area (Å²) < 4.78 is 11.1. The molecule has 138 valence electrons. The molecule has 1 atom stereocenters. The number of ketones is 1. The Balaban J connectivity index is 1.76. The number of allylic oxidation sites excluding steroid dienone is 2. The Morgan fingerprint density at radius 1 is 1.07 bits per heavy atom. The zero-order valence-corrected chi connectivity index (χ0v) is 16.0. The second kappa shape index (κ2) is 5.77. The summed E-state index contributed by atoms with van der Waals surface area (Å²) in [6, 6.07) is 11.7. The number of hydrogen-bond donors (Lipinski definition) is 1. The summed E-state index contributed by atoms with van der Waals surface area (Å²) in [5.74, 6) is 1.41. The molecule has 0 bridgehead atoms. The molecule has 5 rings (SSSR count). The van der Waals surface area contributed by atoms with Gasteiger partial charge in [0.05, 0.1) is 0 Å². The van der Waals surface area contributed by atoms with Crippen LogP contribution in [0.1, 0.15) is 43.7 Å². The third-order valence-corrected chi connectivity index (χ3v) is 5.91. The summed E-state index contributed by atoms with van der Waals surface area (Å²) in [4.78, 5) is 13.2. The van der Waals surface area contributed by atoms with E-state index in [0.29, 0.717) is 17.2 Å². The van der Waals surface area contributed by atoms with Crippen LogP contribution in [0.3, 0.4) is 0 Å². The van der Waals surface area contributed by atoms with Gasteiger partial charge >= 0.3 is 0 Å². The molecule has 27 heavy (non-hydrogen) atoms. The Morgan fingerprint density at radius 2 is 1.81 bits per heavy atom. The Bertz CT molecular complexity index is 1010. The number of Topliss-reactive ketones (excluding diaryl/α,β-unsaturated/α-hetero) is 1. The Labute approximate surface area is 163 Å². The number of hydrogen-bond acceptors (Lipinski definition) is 4. The first-order chi connectivity index (χ1) is 12.9. The van der Waals surface area contributed by atoms with Crippen molar-refractivity contribution in [3.05, 3.63) is 63.8 Å². The molecule has 5 heteroatoms. The summed E-state index contributed by atoms with van der Waals surface area (Å²) in [6.45, 7) is 4.49. The van der Waals surface area contributed by atoms with Gasteiger partial charge in [-0.1, -0.05) is 43.6 Å². The van der Waals surface area contributed by atoms with Crippen LogP contribution in [0.5, 0.6) is 11.5 Å². The number of fused-ring (bicyclic) bond motifs is 2. The van der Waals surface area contributed by atoms with E-state index in [1.54, 1.807) is 0 Å². The lowest BCUT2D eigenvalue weighted by atomic mass is 9.68. The van der Waals surface area contributed by atoms with Crippen molar-refractivity contribution in [3.8, 4) is 11.5 Å². The molecule has 4 nitrogen and oxygen atoms in total. The molecule has 1 unspecified atom stereocenters. The lowest BCUT2D eigenvalue weighted by molar-refractivity contribution is -0.118. The molecule has 1 aliphatic carbocycles. The van der Waals surface area contributed by atoms with E-state index >= 15 is 0 Å². The van der Waals surface area contributed by atoms with Crippen LogP contribution in [0.15, 0.2) is 47.7 Å². The number of halogens is 1. The van der Waals surface area contributed by atoms with Crippen LogP contribution >= 0.6 is 11.6 Å². The van der Waals surface area contributed by atoms with Crippen LogP contribution in [0.25, 0.3) is 0 Å². The summed E-state index contributed by atoms with van der Waals surface area (Å²) >= 11 is 6.57. The molecule has 3 aliphatic rings. The molecular formula is C22H20ClNO3. The molecule has 2 heterocycles. The first kappa shape index (κ1) is 16.7. The number of carbonyl (C=O) groups excluding carboxylic acids is 1. The van der Waals surface area contributed by atoms with Gasteiger partial charge in [-0.2, -0.15) is 0 Å². The van der Waals surface area contributed by atoms with Gasteiger partial charge in [-0.3, -0.25) is 4.79 Å². The number of rotatable bonds is 1. The van der Waals surface area contributed by atoms with Gasteiger partial charge in [0, 0.05) is 40.4 Å². The zero-order chi connectivity index (χ0) is 18.8. The summed E-state index contributed by atoms with van der Waals surface area (Å²) in [7, 11) is 0. The molecule has 0 fully saturated rings. The predicted molar refractivity (Wildman–Crippen MR) is 105 cm³/mol. The van der Waals surface area contributed by atoms with E-state index in [2.05, 4.69) is 19.2 Å². The van der Waals surface area contributed by atoms with Gasteiger partial charge in [-0.15, -0.1) is 0 Å². The van der Waals surface area contributed by atoms with Crippen LogP contribution in [0.4, 0.5) is 5.69 Å². The van der Waals surface area contributed by atoms with Crippen LogP contribution in [0.2, 0.25) is 5.02 Å². The van der Waals surface area contributed by atoms with Crippen LogP contribution in [-0.2, 0) is 4.79 Å². The Kier molecular flexibility index (Phi) is 3.57. The lowest BCUT2D eigenvalue weighted by Gasteiger charge is -2.39. The highest BCUT2D eigenvalue weighted by atomic mass is 35.5. The van der Waals surface area contributed by atoms with E-state index < -0.39 is 0 Å². The van der Waals surface area contributed by atoms with Gasteiger partial charge in [0.2, 0.25) is 6.79 Å². The first-order valence-electron chi connectivity index (χ1n) is 9.14. The van der Waals surface area contributed by atoms with Gasteiger partial charge in [0.15, 0.2) is 17.3 Å². The van der Waals surface area contributed by atoms with E-state index in [-0.39, 0.29) is 23.9 Å². The van der Waals surface area contributed by atoms with Gasteiger partial charge < -0.3 is 14.8 Å². The summed E-state index contributed by atoms with van der Waals surface area (Å²) in [5.41, 5.74) is 4.65. The van der Waals surface area contributed by atoms with Crippen molar-refractivity contribution < 1.29 is 14.3 Å². The number of benzene rings is 2. The number of anilines is 1. The van der Waals surface area contributed by atoms with Crippen molar-refractivity contribution >= 4 is 23.1 Å². The normalized spacial score (nSPS) is 22.2. The van der Waals surface area contributed by atoms with Crippen LogP contribution in [-0.4, -0.2) is 12.6 Å². The Hall–Kier alpha value is -2.46. The minimum absolute atomic E-state index is 0.0677. The molecule has 2 aliphatic heterocycles. The highest BCUT2D eigenvalue weighted by Crippen LogP contribution is 2.52. The Morgan fingerprint density at radius 3 is 2.59 bits per heavy atom. The van der Waals surface area contributed by atoms with E-state index in [0.717, 1.165) is 40.3 Å². The van der Waals surface area contributed by atoms with Crippen LogP contribution < -0.4 is 14.8 Å². The van der Waals surface area contributed by atoms with E-state index in [4.69, 9.17) is 21.1 Å². The maximum absolute atomic E-state index is 13.2. The van der Waals surface area contributed by atoms with Crippen molar-refractivity contribution in [3.63, 3.8) is 0 Å².